The van der Waals surface area contributed by atoms with Crippen LogP contribution in [-0.2, 0) is 6.18 Å². The molecule has 194 valence electrons. The quantitative estimate of drug-likeness (QED) is 0.331. The SMILES string of the molecule is CC(CN(C)C)n1cc(Cl)c(=O)c2cc(-c3cnc(NC(N)=O)cc3-c3nc(C(F)(F)F)cs3)ccc21. The monoisotopic (exact) mass is 550 g/mol. The molecule has 3 heterocycles. The predicted octanol–water partition coefficient (Wildman–Crippen LogP) is 5.47. The Bertz CT molecular complexity index is 1550. The molecule has 1 unspecified atom stereocenters. The van der Waals surface area contributed by atoms with Crippen LogP contribution in [-0.4, -0.2) is 46.1 Å². The molecule has 13 heteroatoms. The first-order chi connectivity index (χ1) is 17.3. The Morgan fingerprint density at radius 2 is 2.00 bits per heavy atom. The lowest BCUT2D eigenvalue weighted by molar-refractivity contribution is -0.140. The number of amides is 2. The number of thiazole rings is 1. The summed E-state index contributed by atoms with van der Waals surface area (Å²) in [5.74, 6) is 0.0405. The van der Waals surface area contributed by atoms with E-state index < -0.39 is 17.9 Å². The standard InChI is InChI=1S/C24H22ClF3N6O2S/c1-12(9-33(2)3)34-10-17(25)21(35)15-6-13(4-5-18(15)34)16-8-30-20(32-23(29)36)7-14(16)22-31-19(11-37-22)24(26,27)28/h4-8,10-12H,9H2,1-3H3,(H3,29,30,32,36). The lowest BCUT2D eigenvalue weighted by atomic mass is 9.99. The molecule has 0 saturated carbocycles. The van der Waals surface area contributed by atoms with Crippen LogP contribution in [0.5, 0.6) is 0 Å². The number of benzene rings is 1. The first-order valence-electron chi connectivity index (χ1n) is 10.9. The number of nitrogens with one attached hydrogen (secondary N) is 1. The molecule has 1 aromatic carbocycles. The summed E-state index contributed by atoms with van der Waals surface area (Å²) in [5, 5.41) is 3.67. The third kappa shape index (κ3) is 5.60. The highest BCUT2D eigenvalue weighted by Crippen LogP contribution is 2.39. The minimum atomic E-state index is -4.62. The molecule has 4 rings (SSSR count). The number of nitrogens with two attached hydrogens (primary N) is 1. The number of alkyl halides is 3. The van der Waals surface area contributed by atoms with Gasteiger partial charge >= 0.3 is 12.2 Å². The van der Waals surface area contributed by atoms with Crippen molar-refractivity contribution in [3.8, 4) is 21.7 Å². The van der Waals surface area contributed by atoms with Gasteiger partial charge in [-0.25, -0.2) is 14.8 Å². The van der Waals surface area contributed by atoms with Gasteiger partial charge in [-0.2, -0.15) is 13.2 Å². The zero-order chi connectivity index (χ0) is 27.1. The maximum absolute atomic E-state index is 13.2. The van der Waals surface area contributed by atoms with Crippen molar-refractivity contribution in [2.45, 2.75) is 19.1 Å². The van der Waals surface area contributed by atoms with Crippen LogP contribution in [0.3, 0.4) is 0 Å². The summed E-state index contributed by atoms with van der Waals surface area (Å²) in [7, 11) is 3.88. The van der Waals surface area contributed by atoms with Gasteiger partial charge in [0.25, 0.3) is 0 Å². The van der Waals surface area contributed by atoms with Crippen molar-refractivity contribution in [2.75, 3.05) is 26.0 Å². The number of anilines is 1. The molecule has 0 fully saturated rings. The van der Waals surface area contributed by atoms with Crippen LogP contribution in [0.1, 0.15) is 18.7 Å². The van der Waals surface area contributed by atoms with Gasteiger partial charge < -0.3 is 15.2 Å². The summed E-state index contributed by atoms with van der Waals surface area (Å²) < 4.78 is 41.6. The van der Waals surface area contributed by atoms with Crippen molar-refractivity contribution in [2.24, 2.45) is 5.73 Å². The molecule has 3 aromatic heterocycles. The number of rotatable bonds is 6. The first kappa shape index (κ1) is 26.6. The molecule has 0 saturated heterocycles. The van der Waals surface area contributed by atoms with Gasteiger partial charge in [0, 0.05) is 46.9 Å². The number of aromatic nitrogens is 3. The molecular weight excluding hydrogens is 529 g/mol. The zero-order valence-corrected chi connectivity index (χ0v) is 21.5. The van der Waals surface area contributed by atoms with Gasteiger partial charge in [-0.3, -0.25) is 10.1 Å². The second-order valence-electron chi connectivity index (χ2n) is 8.70. The Morgan fingerprint density at radius 3 is 2.62 bits per heavy atom. The Kier molecular flexibility index (Phi) is 7.27. The number of carbonyl (C=O) groups is 1. The average Bonchev–Trinajstić information content (AvgIpc) is 3.31. The largest absolute Gasteiger partial charge is 0.434 e. The van der Waals surface area contributed by atoms with Gasteiger partial charge in [0.1, 0.15) is 15.8 Å². The van der Waals surface area contributed by atoms with E-state index in [0.29, 0.717) is 28.6 Å². The Hall–Kier alpha value is -3.48. The topological polar surface area (TPSA) is 106 Å². The lowest BCUT2D eigenvalue weighted by Crippen LogP contribution is -2.24. The number of urea groups is 1. The molecule has 0 spiro atoms. The summed E-state index contributed by atoms with van der Waals surface area (Å²) in [6, 6.07) is 5.63. The number of nitrogens with zero attached hydrogens (tertiary/aromatic N) is 4. The van der Waals surface area contributed by atoms with Crippen LogP contribution in [0, 0.1) is 0 Å². The number of primary amides is 1. The maximum Gasteiger partial charge on any atom is 0.434 e. The molecule has 0 radical (unpaired) electrons. The van der Waals surface area contributed by atoms with E-state index in [0.717, 1.165) is 16.7 Å². The number of hydrogen-bond acceptors (Lipinski definition) is 6. The molecule has 4 aromatic rings. The van der Waals surface area contributed by atoms with Gasteiger partial charge in [-0.15, -0.1) is 11.3 Å². The summed E-state index contributed by atoms with van der Waals surface area (Å²) >= 11 is 7.08. The smallest absolute Gasteiger partial charge is 0.351 e. The van der Waals surface area contributed by atoms with E-state index in [1.54, 1.807) is 24.4 Å². The molecule has 3 N–H and O–H groups in total. The molecule has 0 bridgehead atoms. The molecule has 37 heavy (non-hydrogen) atoms. The van der Waals surface area contributed by atoms with Crippen LogP contribution in [0.2, 0.25) is 5.02 Å². The minimum Gasteiger partial charge on any atom is -0.351 e. The number of pyridine rings is 2. The second kappa shape index (κ2) is 10.1. The highest BCUT2D eigenvalue weighted by atomic mass is 35.5. The van der Waals surface area contributed by atoms with Crippen LogP contribution in [0.25, 0.3) is 32.6 Å². The maximum atomic E-state index is 13.2. The third-order valence-electron chi connectivity index (χ3n) is 5.58. The number of carbonyl (C=O) groups excluding carboxylic acids is 1. The fourth-order valence-corrected chi connectivity index (χ4v) is 5.12. The van der Waals surface area contributed by atoms with E-state index in [9.17, 15) is 22.8 Å². The molecule has 0 aliphatic rings. The normalized spacial score (nSPS) is 12.8. The van der Waals surface area contributed by atoms with E-state index in [4.69, 9.17) is 17.3 Å². The highest BCUT2D eigenvalue weighted by molar-refractivity contribution is 7.13. The van der Waals surface area contributed by atoms with E-state index in [2.05, 4.69) is 15.3 Å². The summed E-state index contributed by atoms with van der Waals surface area (Å²) in [6.07, 6.45) is -1.63. The van der Waals surface area contributed by atoms with Crippen LogP contribution in [0.15, 0.2) is 46.8 Å². The molecule has 2 amide bonds. The first-order valence-corrected chi connectivity index (χ1v) is 12.2. The minimum absolute atomic E-state index is 0.00561. The van der Waals surface area contributed by atoms with E-state index in [-0.39, 0.29) is 32.9 Å². The van der Waals surface area contributed by atoms with Gasteiger partial charge in [0.15, 0.2) is 5.69 Å². The van der Waals surface area contributed by atoms with Crippen molar-refractivity contribution in [1.82, 2.24) is 19.4 Å². The van der Waals surface area contributed by atoms with Crippen molar-refractivity contribution < 1.29 is 18.0 Å². The number of likely N-dealkylation sites (N-methyl/N-ethyl adjacent to an activating group) is 1. The molecule has 8 nitrogen and oxygen atoms in total. The number of hydrogen-bond donors (Lipinski definition) is 2. The fourth-order valence-electron chi connectivity index (χ4n) is 4.06. The van der Waals surface area contributed by atoms with Crippen molar-refractivity contribution in [1.29, 1.82) is 0 Å². The lowest BCUT2D eigenvalue weighted by Gasteiger charge is -2.22. The van der Waals surface area contributed by atoms with Gasteiger partial charge in [0.2, 0.25) is 5.43 Å². The molecular formula is C24H22ClF3N6O2S. The molecule has 1 atom stereocenters. The van der Waals surface area contributed by atoms with Crippen LogP contribution in [0.4, 0.5) is 23.8 Å². The Labute approximate surface area is 218 Å². The zero-order valence-electron chi connectivity index (χ0n) is 19.9. The molecule has 0 aliphatic heterocycles. The van der Waals surface area contributed by atoms with Gasteiger partial charge in [0.05, 0.1) is 5.52 Å². The summed E-state index contributed by atoms with van der Waals surface area (Å²) in [6.45, 7) is 2.70. The van der Waals surface area contributed by atoms with Crippen LogP contribution >= 0.6 is 22.9 Å². The van der Waals surface area contributed by atoms with Crippen molar-refractivity contribution in [3.05, 3.63) is 63.0 Å². The number of fused-ring (bicyclic) bond motifs is 1. The van der Waals surface area contributed by atoms with Gasteiger partial charge in [-0.05, 0) is 44.8 Å². The summed E-state index contributed by atoms with van der Waals surface area (Å²) in [5.41, 5.74) is 5.62. The van der Waals surface area contributed by atoms with E-state index in [1.807, 2.05) is 30.5 Å². The van der Waals surface area contributed by atoms with E-state index in [1.165, 1.54) is 12.3 Å². The second-order valence-corrected chi connectivity index (χ2v) is 9.96. The molecule has 0 aliphatic carbocycles. The fraction of sp³-hybridized carbons (Fsp3) is 0.250. The van der Waals surface area contributed by atoms with Gasteiger partial charge in [-0.1, -0.05) is 17.7 Å². The Morgan fingerprint density at radius 1 is 1.27 bits per heavy atom. The highest BCUT2D eigenvalue weighted by Gasteiger charge is 2.34. The third-order valence-corrected chi connectivity index (χ3v) is 6.73. The van der Waals surface area contributed by atoms with E-state index >= 15 is 0 Å². The predicted molar refractivity (Wildman–Crippen MR) is 139 cm³/mol. The Balaban J connectivity index is 1.91. The van der Waals surface area contributed by atoms with Crippen molar-refractivity contribution in [3.63, 3.8) is 0 Å². The average molecular weight is 551 g/mol. The van der Waals surface area contributed by atoms with Crippen LogP contribution < -0.4 is 16.5 Å². The van der Waals surface area contributed by atoms with Crippen molar-refractivity contribution >= 4 is 45.7 Å². The number of halogens is 4. The summed E-state index contributed by atoms with van der Waals surface area (Å²) in [4.78, 5) is 34.2.